The molecule has 6 nitrogen and oxygen atoms in total. The van der Waals surface area contributed by atoms with Gasteiger partial charge in [0, 0.05) is 18.8 Å². The first-order chi connectivity index (χ1) is 9.61. The second-order valence-electron chi connectivity index (χ2n) is 4.35. The topological polar surface area (TPSA) is 73.0 Å². The molecule has 0 amide bonds. The number of rotatable bonds is 6. The molecule has 106 valence electrons. The highest BCUT2D eigenvalue weighted by molar-refractivity contribution is 5.50. The van der Waals surface area contributed by atoms with Crippen molar-refractivity contribution in [3.05, 3.63) is 52.3 Å². The molecule has 1 N–H and O–H groups in total. The number of nitro groups is 1. The first kappa shape index (κ1) is 14.0. The summed E-state index contributed by atoms with van der Waals surface area (Å²) in [6, 6.07) is 3.55. The third-order valence-corrected chi connectivity index (χ3v) is 2.89. The highest BCUT2D eigenvalue weighted by atomic mass is 19.1. The largest absolute Gasteiger partial charge is 0.377 e. The molecule has 20 heavy (non-hydrogen) atoms. The van der Waals surface area contributed by atoms with E-state index in [0.29, 0.717) is 6.54 Å². The molecular formula is C13H15FN4O2. The van der Waals surface area contributed by atoms with Crippen molar-refractivity contribution in [1.29, 1.82) is 0 Å². The predicted molar refractivity (Wildman–Crippen MR) is 72.9 cm³/mol. The van der Waals surface area contributed by atoms with Crippen molar-refractivity contribution in [2.45, 2.75) is 26.4 Å². The van der Waals surface area contributed by atoms with Crippen molar-refractivity contribution in [3.8, 4) is 0 Å². The summed E-state index contributed by atoms with van der Waals surface area (Å²) in [7, 11) is 0. The molecule has 0 unspecified atom stereocenters. The van der Waals surface area contributed by atoms with E-state index in [-0.39, 0.29) is 11.4 Å². The molecule has 0 bridgehead atoms. The summed E-state index contributed by atoms with van der Waals surface area (Å²) in [6.45, 7) is 3.32. The molecule has 0 radical (unpaired) electrons. The van der Waals surface area contributed by atoms with Gasteiger partial charge in [0.15, 0.2) is 5.82 Å². The molecule has 2 rings (SSSR count). The van der Waals surface area contributed by atoms with Crippen LogP contribution in [0.25, 0.3) is 0 Å². The minimum Gasteiger partial charge on any atom is -0.377 e. The van der Waals surface area contributed by atoms with Gasteiger partial charge in [0.05, 0.1) is 35.2 Å². The van der Waals surface area contributed by atoms with Gasteiger partial charge in [-0.05, 0) is 12.5 Å². The van der Waals surface area contributed by atoms with Gasteiger partial charge in [0.2, 0.25) is 0 Å². The molecule has 1 heterocycles. The number of nitro benzene ring substituents is 1. The van der Waals surface area contributed by atoms with Crippen LogP contribution in [0, 0.1) is 15.9 Å². The summed E-state index contributed by atoms with van der Waals surface area (Å²) in [5.74, 6) is -0.638. The van der Waals surface area contributed by atoms with Crippen LogP contribution in [0.2, 0.25) is 0 Å². The maximum Gasteiger partial charge on any atom is 0.272 e. The molecule has 0 aliphatic rings. The Morgan fingerprint density at radius 2 is 2.30 bits per heavy atom. The molecule has 2 aromatic rings. The Labute approximate surface area is 115 Å². The van der Waals surface area contributed by atoms with E-state index >= 15 is 0 Å². The summed E-state index contributed by atoms with van der Waals surface area (Å²) in [4.78, 5) is 14.0. The van der Waals surface area contributed by atoms with Crippen LogP contribution in [-0.2, 0) is 13.1 Å². The number of anilines is 1. The molecule has 0 saturated carbocycles. The minimum absolute atomic E-state index is 0.236. The van der Waals surface area contributed by atoms with E-state index in [0.717, 1.165) is 24.7 Å². The molecule has 7 heteroatoms. The number of benzene rings is 1. The highest BCUT2D eigenvalue weighted by Crippen LogP contribution is 2.21. The standard InChI is InChI=1S/C13H15FN4O2/c1-2-5-17-9-15-7-11(17)8-16-13-4-3-10(18(19)20)6-12(13)14/h3-4,6-7,9,16H,2,5,8H2,1H3. The number of hydrogen-bond acceptors (Lipinski definition) is 4. The molecule has 0 aliphatic heterocycles. The monoisotopic (exact) mass is 278 g/mol. The van der Waals surface area contributed by atoms with Gasteiger partial charge in [-0.3, -0.25) is 10.1 Å². The second-order valence-corrected chi connectivity index (χ2v) is 4.35. The molecule has 0 aliphatic carbocycles. The van der Waals surface area contributed by atoms with Gasteiger partial charge in [-0.2, -0.15) is 0 Å². The number of nitrogens with zero attached hydrogens (tertiary/aromatic N) is 3. The SMILES string of the molecule is CCCn1cncc1CNc1ccc([N+](=O)[O-])cc1F. The highest BCUT2D eigenvalue weighted by Gasteiger charge is 2.11. The van der Waals surface area contributed by atoms with Crippen LogP contribution >= 0.6 is 0 Å². The number of aryl methyl sites for hydroxylation is 1. The maximum atomic E-state index is 13.7. The van der Waals surface area contributed by atoms with E-state index in [9.17, 15) is 14.5 Å². The van der Waals surface area contributed by atoms with Crippen molar-refractivity contribution < 1.29 is 9.31 Å². The van der Waals surface area contributed by atoms with E-state index in [2.05, 4.69) is 17.2 Å². The smallest absolute Gasteiger partial charge is 0.272 e. The first-order valence-corrected chi connectivity index (χ1v) is 6.28. The summed E-state index contributed by atoms with van der Waals surface area (Å²) in [6.07, 6.45) is 4.42. The fourth-order valence-corrected chi connectivity index (χ4v) is 1.88. The van der Waals surface area contributed by atoms with E-state index in [1.165, 1.54) is 12.1 Å². The Morgan fingerprint density at radius 1 is 1.50 bits per heavy atom. The zero-order valence-corrected chi connectivity index (χ0v) is 11.0. The van der Waals surface area contributed by atoms with Crippen LogP contribution in [0.5, 0.6) is 0 Å². The van der Waals surface area contributed by atoms with Crippen molar-refractivity contribution in [2.24, 2.45) is 0 Å². The van der Waals surface area contributed by atoms with Gasteiger partial charge in [0.1, 0.15) is 0 Å². The minimum atomic E-state index is -0.638. The normalized spacial score (nSPS) is 10.5. The summed E-state index contributed by atoms with van der Waals surface area (Å²) < 4.78 is 15.7. The predicted octanol–water partition coefficient (Wildman–Crippen LogP) is 2.95. The lowest BCUT2D eigenvalue weighted by molar-refractivity contribution is -0.385. The summed E-state index contributed by atoms with van der Waals surface area (Å²) in [5, 5.41) is 13.5. The third kappa shape index (κ3) is 3.11. The first-order valence-electron chi connectivity index (χ1n) is 6.28. The van der Waals surface area contributed by atoms with Gasteiger partial charge in [0.25, 0.3) is 5.69 Å². The quantitative estimate of drug-likeness (QED) is 0.651. The fourth-order valence-electron chi connectivity index (χ4n) is 1.88. The number of nitrogens with one attached hydrogen (secondary N) is 1. The molecule has 1 aromatic carbocycles. The number of halogens is 1. The van der Waals surface area contributed by atoms with Crippen LogP contribution in [0.1, 0.15) is 19.0 Å². The lowest BCUT2D eigenvalue weighted by atomic mass is 10.2. The zero-order chi connectivity index (χ0) is 14.5. The maximum absolute atomic E-state index is 13.7. The van der Waals surface area contributed by atoms with E-state index in [1.54, 1.807) is 12.5 Å². The van der Waals surface area contributed by atoms with Gasteiger partial charge in [-0.15, -0.1) is 0 Å². The Morgan fingerprint density at radius 3 is 2.95 bits per heavy atom. The molecule has 0 saturated heterocycles. The van der Waals surface area contributed by atoms with Crippen molar-refractivity contribution in [1.82, 2.24) is 9.55 Å². The Bertz CT molecular complexity index is 612. The van der Waals surface area contributed by atoms with Crippen molar-refractivity contribution in [2.75, 3.05) is 5.32 Å². The Balaban J connectivity index is 2.07. The van der Waals surface area contributed by atoms with Gasteiger partial charge in [-0.1, -0.05) is 6.92 Å². The number of non-ortho nitro benzene ring substituents is 1. The van der Waals surface area contributed by atoms with E-state index in [4.69, 9.17) is 0 Å². The van der Waals surface area contributed by atoms with Crippen LogP contribution in [0.15, 0.2) is 30.7 Å². The van der Waals surface area contributed by atoms with Crippen molar-refractivity contribution in [3.63, 3.8) is 0 Å². The third-order valence-electron chi connectivity index (χ3n) is 2.89. The Hall–Kier alpha value is -2.44. The molecule has 0 spiro atoms. The fraction of sp³-hybridized carbons (Fsp3) is 0.308. The van der Waals surface area contributed by atoms with Gasteiger partial charge >= 0.3 is 0 Å². The molecule has 0 atom stereocenters. The van der Waals surface area contributed by atoms with Crippen LogP contribution in [0.4, 0.5) is 15.8 Å². The van der Waals surface area contributed by atoms with Crippen molar-refractivity contribution >= 4 is 11.4 Å². The molecule has 0 fully saturated rings. The lowest BCUT2D eigenvalue weighted by Crippen LogP contribution is -2.08. The second kappa shape index (κ2) is 6.14. The number of aromatic nitrogens is 2. The Kier molecular flexibility index (Phi) is 4.29. The summed E-state index contributed by atoms with van der Waals surface area (Å²) in [5.41, 5.74) is 0.911. The summed E-state index contributed by atoms with van der Waals surface area (Å²) >= 11 is 0. The molecular weight excluding hydrogens is 263 g/mol. The van der Waals surface area contributed by atoms with Gasteiger partial charge < -0.3 is 9.88 Å². The average Bonchev–Trinajstić information content (AvgIpc) is 2.85. The molecule has 1 aromatic heterocycles. The van der Waals surface area contributed by atoms with E-state index < -0.39 is 10.7 Å². The van der Waals surface area contributed by atoms with E-state index in [1.807, 2.05) is 4.57 Å². The number of imidazole rings is 1. The lowest BCUT2D eigenvalue weighted by Gasteiger charge is -2.09. The van der Waals surface area contributed by atoms with Crippen LogP contribution in [0.3, 0.4) is 0 Å². The van der Waals surface area contributed by atoms with Crippen LogP contribution < -0.4 is 5.32 Å². The van der Waals surface area contributed by atoms with Crippen LogP contribution in [-0.4, -0.2) is 14.5 Å². The average molecular weight is 278 g/mol. The van der Waals surface area contributed by atoms with Gasteiger partial charge in [-0.25, -0.2) is 9.37 Å². The zero-order valence-electron chi connectivity index (χ0n) is 11.0. The number of hydrogen-bond donors (Lipinski definition) is 1.